The van der Waals surface area contributed by atoms with Gasteiger partial charge >= 0.3 is 5.97 Å². The highest BCUT2D eigenvalue weighted by Gasteiger charge is 2.08. The molecule has 0 amide bonds. The molecule has 0 radical (unpaired) electrons. The van der Waals surface area contributed by atoms with Crippen molar-refractivity contribution in [3.8, 4) is 0 Å². The molecule has 0 spiro atoms. The fraction of sp³-hybridized carbons (Fsp3) is 0.857. The Morgan fingerprint density at radius 2 is 1.92 bits per heavy atom. The van der Waals surface area contributed by atoms with Crippen LogP contribution >= 0.6 is 11.8 Å². The minimum absolute atomic E-state index is 0.125. The maximum absolute atomic E-state index is 10.1. The zero-order chi connectivity index (χ0) is 10.7. The third kappa shape index (κ3) is 14.5. The van der Waals surface area contributed by atoms with E-state index in [0.717, 1.165) is 5.75 Å². The average molecular weight is 211 g/mol. The van der Waals surface area contributed by atoms with Gasteiger partial charge in [0.25, 0.3) is 0 Å². The zero-order valence-electron chi connectivity index (χ0n) is 7.64. The molecule has 1 unspecified atom stereocenters. The van der Waals surface area contributed by atoms with Crippen molar-refractivity contribution in [1.29, 1.82) is 0 Å². The molecule has 6 heteroatoms. The van der Waals surface area contributed by atoms with Crippen LogP contribution in [0.2, 0.25) is 0 Å². The van der Waals surface area contributed by atoms with Crippen molar-refractivity contribution in [2.24, 2.45) is 5.73 Å². The number of rotatable bonds is 5. The number of hydrogen-bond acceptors (Lipinski definition) is 5. The molecule has 80 valence electrons. The Bertz CT molecular complexity index is 121. The lowest BCUT2D eigenvalue weighted by Crippen LogP contribution is -2.30. The lowest BCUT2D eigenvalue weighted by atomic mass is 10.2. The molecule has 0 aliphatic heterocycles. The second-order valence-corrected chi connectivity index (χ2v) is 3.16. The Balaban J connectivity index is 0. The van der Waals surface area contributed by atoms with Crippen LogP contribution in [0.25, 0.3) is 0 Å². The van der Waals surface area contributed by atoms with E-state index >= 15 is 0 Å². The van der Waals surface area contributed by atoms with Crippen LogP contribution < -0.4 is 5.73 Å². The van der Waals surface area contributed by atoms with E-state index in [-0.39, 0.29) is 13.2 Å². The standard InChI is InChI=1S/C5H11NO2S.C2H6O2/c1-9-3-2-4(6)5(7)8;3-1-2-4/h4H,2-3,6H2,1H3,(H,7,8);3-4H,1-2H2. The van der Waals surface area contributed by atoms with Crippen molar-refractivity contribution in [3.63, 3.8) is 0 Å². The van der Waals surface area contributed by atoms with Gasteiger partial charge in [-0.1, -0.05) is 0 Å². The summed E-state index contributed by atoms with van der Waals surface area (Å²) in [5.74, 6) is -0.1000. The van der Waals surface area contributed by atoms with Gasteiger partial charge in [-0.2, -0.15) is 11.8 Å². The molecule has 0 saturated carbocycles. The highest BCUT2D eigenvalue weighted by atomic mass is 32.2. The molecule has 13 heavy (non-hydrogen) atoms. The molecule has 0 aromatic rings. The number of carbonyl (C=O) groups is 1. The highest BCUT2D eigenvalue weighted by Crippen LogP contribution is 1.97. The lowest BCUT2D eigenvalue weighted by molar-refractivity contribution is -0.138. The number of thioether (sulfide) groups is 1. The fourth-order valence-electron chi connectivity index (χ4n) is 0.368. The molecule has 1 atom stereocenters. The van der Waals surface area contributed by atoms with Gasteiger partial charge in [0.05, 0.1) is 13.2 Å². The third-order valence-electron chi connectivity index (χ3n) is 1.05. The molecule has 5 N–H and O–H groups in total. The van der Waals surface area contributed by atoms with Crippen LogP contribution in [0.5, 0.6) is 0 Å². The van der Waals surface area contributed by atoms with Gasteiger partial charge < -0.3 is 21.1 Å². The van der Waals surface area contributed by atoms with Crippen LogP contribution in [0.4, 0.5) is 0 Å². The second kappa shape index (κ2) is 11.7. The summed E-state index contributed by atoms with van der Waals surface area (Å²) in [6.07, 6.45) is 2.48. The molecular formula is C7H17NO4S. The van der Waals surface area contributed by atoms with Gasteiger partial charge in [0.1, 0.15) is 6.04 Å². The summed E-state index contributed by atoms with van der Waals surface area (Å²) in [5.41, 5.74) is 5.19. The Labute approximate surface area is 81.9 Å². The first-order chi connectivity index (χ1) is 6.09. The Kier molecular flexibility index (Phi) is 13.7. The van der Waals surface area contributed by atoms with Crippen LogP contribution in [0.3, 0.4) is 0 Å². The first-order valence-corrected chi connectivity index (χ1v) is 5.18. The summed E-state index contributed by atoms with van der Waals surface area (Å²) in [7, 11) is 0. The molecule has 0 rings (SSSR count). The van der Waals surface area contributed by atoms with Gasteiger partial charge in [0.15, 0.2) is 0 Å². The molecule has 0 bridgehead atoms. The summed E-state index contributed by atoms with van der Waals surface area (Å²) < 4.78 is 0. The quantitative estimate of drug-likeness (QED) is 0.471. The predicted octanol–water partition coefficient (Wildman–Crippen LogP) is -0.878. The lowest BCUT2D eigenvalue weighted by Gasteiger charge is -2.02. The van der Waals surface area contributed by atoms with Gasteiger partial charge in [0, 0.05) is 0 Å². The Hall–Kier alpha value is -0.300. The van der Waals surface area contributed by atoms with E-state index in [9.17, 15) is 4.79 Å². The second-order valence-electron chi connectivity index (χ2n) is 2.17. The Morgan fingerprint density at radius 1 is 1.46 bits per heavy atom. The number of nitrogens with two attached hydrogens (primary N) is 1. The van der Waals surface area contributed by atoms with Gasteiger partial charge in [-0.25, -0.2) is 0 Å². The van der Waals surface area contributed by atoms with E-state index in [1.807, 2.05) is 6.26 Å². The van der Waals surface area contributed by atoms with Crippen LogP contribution in [0, 0.1) is 0 Å². The highest BCUT2D eigenvalue weighted by molar-refractivity contribution is 7.98. The zero-order valence-corrected chi connectivity index (χ0v) is 8.46. The molecule has 0 aromatic carbocycles. The van der Waals surface area contributed by atoms with Crippen molar-refractivity contribution in [3.05, 3.63) is 0 Å². The van der Waals surface area contributed by atoms with Crippen LogP contribution in [0.1, 0.15) is 6.42 Å². The van der Waals surface area contributed by atoms with Crippen molar-refractivity contribution in [2.45, 2.75) is 12.5 Å². The predicted molar refractivity (Wildman–Crippen MR) is 52.8 cm³/mol. The maximum Gasteiger partial charge on any atom is 0.320 e. The smallest absolute Gasteiger partial charge is 0.320 e. The minimum atomic E-state index is -0.913. The summed E-state index contributed by atoms with van der Waals surface area (Å²) in [6, 6.07) is -0.683. The maximum atomic E-state index is 10.1. The van der Waals surface area contributed by atoms with Crippen molar-refractivity contribution in [1.82, 2.24) is 0 Å². The largest absolute Gasteiger partial charge is 0.480 e. The van der Waals surface area contributed by atoms with Crippen LogP contribution in [-0.4, -0.2) is 52.6 Å². The van der Waals surface area contributed by atoms with E-state index in [4.69, 9.17) is 21.1 Å². The topological polar surface area (TPSA) is 104 Å². The summed E-state index contributed by atoms with van der Waals surface area (Å²) in [6.45, 7) is -0.250. The van der Waals surface area contributed by atoms with E-state index < -0.39 is 12.0 Å². The first kappa shape index (κ1) is 15.2. The van der Waals surface area contributed by atoms with Gasteiger partial charge in [-0.3, -0.25) is 4.79 Å². The molecule has 5 nitrogen and oxygen atoms in total. The van der Waals surface area contributed by atoms with Crippen molar-refractivity contribution in [2.75, 3.05) is 25.2 Å². The van der Waals surface area contributed by atoms with Gasteiger partial charge in [-0.15, -0.1) is 0 Å². The average Bonchev–Trinajstić information content (AvgIpc) is 2.14. The van der Waals surface area contributed by atoms with Crippen molar-refractivity contribution >= 4 is 17.7 Å². The number of hydrogen-bond donors (Lipinski definition) is 4. The summed E-state index contributed by atoms with van der Waals surface area (Å²) in [4.78, 5) is 10.1. The SMILES string of the molecule is CSCCC(N)C(=O)O.OCCO. The molecular weight excluding hydrogens is 194 g/mol. The molecule has 0 heterocycles. The van der Waals surface area contributed by atoms with E-state index in [1.165, 1.54) is 0 Å². The molecule has 0 aliphatic rings. The van der Waals surface area contributed by atoms with Gasteiger partial charge in [0.2, 0.25) is 0 Å². The number of carboxylic acids is 1. The minimum Gasteiger partial charge on any atom is -0.480 e. The molecule has 0 saturated heterocycles. The van der Waals surface area contributed by atoms with Crippen molar-refractivity contribution < 1.29 is 20.1 Å². The normalized spacial score (nSPS) is 11.4. The van der Waals surface area contributed by atoms with E-state index in [2.05, 4.69) is 0 Å². The van der Waals surface area contributed by atoms with E-state index in [0.29, 0.717) is 6.42 Å². The monoisotopic (exact) mass is 211 g/mol. The van der Waals surface area contributed by atoms with Crippen LogP contribution in [-0.2, 0) is 4.79 Å². The van der Waals surface area contributed by atoms with E-state index in [1.54, 1.807) is 11.8 Å². The molecule has 0 aliphatic carbocycles. The number of carboxylic acid groups (broad SMARTS) is 1. The molecule has 0 fully saturated rings. The number of aliphatic hydroxyl groups is 2. The van der Waals surface area contributed by atoms with Crippen LogP contribution in [0.15, 0.2) is 0 Å². The number of aliphatic carboxylic acids is 1. The Morgan fingerprint density at radius 3 is 2.15 bits per heavy atom. The fourth-order valence-corrected chi connectivity index (χ4v) is 0.858. The summed E-state index contributed by atoms with van der Waals surface area (Å²) >= 11 is 1.60. The first-order valence-electron chi connectivity index (χ1n) is 3.79. The van der Waals surface area contributed by atoms with Gasteiger partial charge in [-0.05, 0) is 18.4 Å². The number of aliphatic hydroxyl groups excluding tert-OH is 2. The third-order valence-corrected chi connectivity index (χ3v) is 1.69. The summed E-state index contributed by atoms with van der Waals surface area (Å²) in [5, 5.41) is 23.5. The molecule has 0 aromatic heterocycles.